The van der Waals surface area contributed by atoms with E-state index in [1.54, 1.807) is 4.90 Å². The molecule has 184 valence electrons. The molecule has 3 aliphatic heterocycles. The highest BCUT2D eigenvalue weighted by atomic mass is 16.8. The molecule has 0 aromatic heterocycles. The summed E-state index contributed by atoms with van der Waals surface area (Å²) in [6.07, 6.45) is -1.51. The molecular weight excluding hydrogens is 426 g/mol. The number of ether oxygens (including phenoxy) is 6. The van der Waals surface area contributed by atoms with E-state index >= 15 is 0 Å². The lowest BCUT2D eigenvalue weighted by molar-refractivity contribution is -0.222. The topological polar surface area (TPSA) is 75.7 Å². The Morgan fingerprint density at radius 3 is 2.45 bits per heavy atom. The van der Waals surface area contributed by atoms with E-state index in [0.29, 0.717) is 19.6 Å². The molecular formula is C25H37NO7. The van der Waals surface area contributed by atoms with Crippen LogP contribution in [0.1, 0.15) is 60.5 Å². The van der Waals surface area contributed by atoms with Gasteiger partial charge in [-0.05, 0) is 54.0 Å². The molecule has 8 heteroatoms. The number of hydrogen-bond acceptors (Lipinski definition) is 7. The van der Waals surface area contributed by atoms with Crippen molar-refractivity contribution in [1.29, 1.82) is 0 Å². The first-order valence-electron chi connectivity index (χ1n) is 11.7. The predicted octanol–water partition coefficient (Wildman–Crippen LogP) is 4.21. The summed E-state index contributed by atoms with van der Waals surface area (Å²) in [6.45, 7) is 13.9. The molecule has 0 saturated carbocycles. The fourth-order valence-corrected chi connectivity index (χ4v) is 4.63. The van der Waals surface area contributed by atoms with Crippen LogP contribution in [0.5, 0.6) is 0 Å². The monoisotopic (exact) mass is 463 g/mol. The van der Waals surface area contributed by atoms with Crippen LogP contribution in [0.25, 0.3) is 0 Å². The van der Waals surface area contributed by atoms with Gasteiger partial charge in [0, 0.05) is 6.42 Å². The van der Waals surface area contributed by atoms with E-state index in [9.17, 15) is 4.79 Å². The van der Waals surface area contributed by atoms with Crippen molar-refractivity contribution in [3.63, 3.8) is 0 Å². The Hall–Kier alpha value is -1.71. The number of carbonyl (C=O) groups is 1. The van der Waals surface area contributed by atoms with Gasteiger partial charge in [0.15, 0.2) is 12.1 Å². The summed E-state index contributed by atoms with van der Waals surface area (Å²) in [5.41, 5.74) is -0.279. The zero-order valence-electron chi connectivity index (χ0n) is 20.7. The Kier molecular flexibility index (Phi) is 6.52. The smallest absolute Gasteiger partial charge is 0.412 e. The number of amides is 1. The van der Waals surface area contributed by atoms with Crippen molar-refractivity contribution in [3.05, 3.63) is 35.9 Å². The number of rotatable bonds is 5. The van der Waals surface area contributed by atoms with Gasteiger partial charge in [-0.15, -0.1) is 0 Å². The summed E-state index contributed by atoms with van der Waals surface area (Å²) in [5, 5.41) is 0. The minimum atomic E-state index is -0.781. The van der Waals surface area contributed by atoms with Crippen molar-refractivity contribution in [2.45, 2.75) is 109 Å². The molecule has 0 N–H and O–H groups in total. The highest BCUT2D eigenvalue weighted by Crippen LogP contribution is 2.41. The lowest BCUT2D eigenvalue weighted by Crippen LogP contribution is -2.46. The van der Waals surface area contributed by atoms with Gasteiger partial charge in [0.05, 0.1) is 25.4 Å². The molecule has 5 atom stereocenters. The summed E-state index contributed by atoms with van der Waals surface area (Å²) in [7, 11) is 0. The zero-order valence-corrected chi connectivity index (χ0v) is 20.7. The van der Waals surface area contributed by atoms with Crippen molar-refractivity contribution in [2.24, 2.45) is 0 Å². The van der Waals surface area contributed by atoms with Crippen LogP contribution in [0.4, 0.5) is 4.79 Å². The van der Waals surface area contributed by atoms with Crippen LogP contribution in [0, 0.1) is 0 Å². The third-order valence-electron chi connectivity index (χ3n) is 5.97. The summed E-state index contributed by atoms with van der Waals surface area (Å²) >= 11 is 0. The van der Waals surface area contributed by atoms with Gasteiger partial charge in [-0.1, -0.05) is 30.3 Å². The fraction of sp³-hybridized carbons (Fsp3) is 0.720. The highest BCUT2D eigenvalue weighted by molar-refractivity contribution is 5.69. The number of hydrogen-bond donors (Lipinski definition) is 0. The molecule has 8 nitrogen and oxygen atoms in total. The van der Waals surface area contributed by atoms with Crippen molar-refractivity contribution in [1.82, 2.24) is 4.90 Å². The van der Waals surface area contributed by atoms with Crippen LogP contribution in [-0.2, 0) is 35.0 Å². The van der Waals surface area contributed by atoms with E-state index in [1.807, 2.05) is 78.8 Å². The zero-order chi connectivity index (χ0) is 24.0. The minimum Gasteiger partial charge on any atom is -0.444 e. The second-order valence-corrected chi connectivity index (χ2v) is 10.9. The summed E-state index contributed by atoms with van der Waals surface area (Å²) in [5.74, 6) is -0.728. The SMILES string of the molecule is CC(C)(C)OC(=O)N1CC(CC2OC3OC(C)(C)OC3C2OCc2ccccc2)OC1(C)C. The van der Waals surface area contributed by atoms with E-state index in [0.717, 1.165) is 5.56 Å². The Morgan fingerprint density at radius 1 is 1.09 bits per heavy atom. The fourth-order valence-electron chi connectivity index (χ4n) is 4.63. The van der Waals surface area contributed by atoms with Crippen LogP contribution in [0.15, 0.2) is 30.3 Å². The maximum atomic E-state index is 12.7. The molecule has 0 bridgehead atoms. The first-order chi connectivity index (χ1) is 15.3. The number of carbonyl (C=O) groups excluding carboxylic acids is 1. The first-order valence-corrected chi connectivity index (χ1v) is 11.7. The standard InChI is InChI=1S/C25H37NO7/c1-23(2,3)33-22(27)26-14-17(30-24(26,4)5)13-18-19(28-15-16-11-9-8-10-12-16)20-21(29-18)32-25(6,7)31-20/h8-12,17-21H,13-15H2,1-7H3. The largest absolute Gasteiger partial charge is 0.444 e. The second kappa shape index (κ2) is 8.82. The van der Waals surface area contributed by atoms with Gasteiger partial charge >= 0.3 is 6.09 Å². The van der Waals surface area contributed by atoms with E-state index in [2.05, 4.69) is 0 Å². The molecule has 0 aliphatic carbocycles. The van der Waals surface area contributed by atoms with Crippen molar-refractivity contribution in [3.8, 4) is 0 Å². The molecule has 3 aliphatic rings. The molecule has 1 aromatic carbocycles. The molecule has 5 unspecified atom stereocenters. The van der Waals surface area contributed by atoms with Gasteiger partial charge in [0.25, 0.3) is 0 Å². The maximum absolute atomic E-state index is 12.7. The van der Waals surface area contributed by atoms with E-state index in [-0.39, 0.29) is 30.5 Å². The Bertz CT molecular complexity index is 835. The van der Waals surface area contributed by atoms with E-state index < -0.39 is 23.4 Å². The molecule has 3 fully saturated rings. The van der Waals surface area contributed by atoms with Crippen molar-refractivity contribution in [2.75, 3.05) is 6.54 Å². The summed E-state index contributed by atoms with van der Waals surface area (Å²) in [6, 6.07) is 10.0. The number of fused-ring (bicyclic) bond motifs is 1. The van der Waals surface area contributed by atoms with Crippen LogP contribution in [0.3, 0.4) is 0 Å². The van der Waals surface area contributed by atoms with Crippen LogP contribution in [-0.4, -0.2) is 65.4 Å². The third-order valence-corrected chi connectivity index (χ3v) is 5.97. The average molecular weight is 464 g/mol. The third kappa shape index (κ3) is 5.69. The lowest BCUT2D eigenvalue weighted by atomic mass is 10.0. The van der Waals surface area contributed by atoms with Gasteiger partial charge in [-0.25, -0.2) is 4.79 Å². The Labute approximate surface area is 196 Å². The van der Waals surface area contributed by atoms with Gasteiger partial charge in [0.2, 0.25) is 0 Å². The number of nitrogens with zero attached hydrogens (tertiary/aromatic N) is 1. The molecule has 3 saturated heterocycles. The highest BCUT2D eigenvalue weighted by Gasteiger charge is 2.56. The molecule has 0 radical (unpaired) electrons. The van der Waals surface area contributed by atoms with Crippen LogP contribution < -0.4 is 0 Å². The van der Waals surface area contributed by atoms with Gasteiger partial charge in [0.1, 0.15) is 23.5 Å². The molecule has 1 amide bonds. The van der Waals surface area contributed by atoms with E-state index in [4.69, 9.17) is 28.4 Å². The van der Waals surface area contributed by atoms with Crippen LogP contribution in [0.2, 0.25) is 0 Å². The molecule has 0 spiro atoms. The normalized spacial score (nSPS) is 32.7. The summed E-state index contributed by atoms with van der Waals surface area (Å²) in [4.78, 5) is 14.4. The minimum absolute atomic E-state index is 0.229. The molecule has 4 rings (SSSR count). The lowest BCUT2D eigenvalue weighted by Gasteiger charge is -2.31. The van der Waals surface area contributed by atoms with E-state index in [1.165, 1.54) is 0 Å². The van der Waals surface area contributed by atoms with Crippen molar-refractivity contribution < 1.29 is 33.2 Å². The van der Waals surface area contributed by atoms with Gasteiger partial charge < -0.3 is 28.4 Å². The molecule has 33 heavy (non-hydrogen) atoms. The summed E-state index contributed by atoms with van der Waals surface area (Å²) < 4.78 is 36.5. The second-order valence-electron chi connectivity index (χ2n) is 10.9. The predicted molar refractivity (Wildman–Crippen MR) is 120 cm³/mol. The molecule has 3 heterocycles. The Morgan fingerprint density at radius 2 is 1.79 bits per heavy atom. The van der Waals surface area contributed by atoms with Crippen LogP contribution >= 0.6 is 0 Å². The average Bonchev–Trinajstić information content (AvgIpc) is 3.26. The van der Waals surface area contributed by atoms with Crippen molar-refractivity contribution >= 4 is 6.09 Å². The van der Waals surface area contributed by atoms with Gasteiger partial charge in [-0.2, -0.15) is 0 Å². The number of benzene rings is 1. The molecule has 1 aromatic rings. The Balaban J connectivity index is 1.44. The maximum Gasteiger partial charge on any atom is 0.412 e. The van der Waals surface area contributed by atoms with Gasteiger partial charge in [-0.3, -0.25) is 4.90 Å². The first kappa shape index (κ1) is 24.4. The quantitative estimate of drug-likeness (QED) is 0.647.